The van der Waals surface area contributed by atoms with Gasteiger partial charge in [-0.2, -0.15) is 5.26 Å². The molecule has 1 atom stereocenters. The third-order valence-electron chi connectivity index (χ3n) is 2.94. The molecule has 0 saturated heterocycles. The number of hydrogen-bond acceptors (Lipinski definition) is 2. The summed E-state index contributed by atoms with van der Waals surface area (Å²) < 4.78 is 0. The highest BCUT2D eigenvalue weighted by Crippen LogP contribution is 2.15. The zero-order chi connectivity index (χ0) is 12.1. The summed E-state index contributed by atoms with van der Waals surface area (Å²) in [6.45, 7) is 9.94. The van der Waals surface area contributed by atoms with Gasteiger partial charge in [0.1, 0.15) is 0 Å². The molecule has 1 rings (SSSR count). The highest BCUT2D eigenvalue weighted by atomic mass is 14.9. The Bertz CT molecular complexity index is 402. The largest absolute Gasteiger partial charge is 0.311 e. The SMILES string of the molecule is Cc1cc(C)c(CNCC(C)C#N)cc1C. The Morgan fingerprint density at radius 1 is 1.19 bits per heavy atom. The first kappa shape index (κ1) is 12.7. The molecule has 86 valence electrons. The molecule has 1 N–H and O–H groups in total. The standard InChI is InChI=1S/C14H20N2/c1-10(7-15)8-16-9-14-6-12(3)11(2)5-13(14)4/h5-6,10,16H,8-9H2,1-4H3. The first-order valence-electron chi connectivity index (χ1n) is 5.71. The molecule has 0 fully saturated rings. The van der Waals surface area contributed by atoms with Crippen molar-refractivity contribution in [1.29, 1.82) is 5.26 Å². The van der Waals surface area contributed by atoms with E-state index in [2.05, 4.69) is 44.3 Å². The molecular weight excluding hydrogens is 196 g/mol. The Balaban J connectivity index is 2.61. The fourth-order valence-electron chi connectivity index (χ4n) is 1.68. The lowest BCUT2D eigenvalue weighted by Gasteiger charge is -2.11. The maximum absolute atomic E-state index is 8.68. The average molecular weight is 216 g/mol. The molecule has 0 saturated carbocycles. The van der Waals surface area contributed by atoms with Crippen LogP contribution in [0.5, 0.6) is 0 Å². The molecule has 0 bridgehead atoms. The van der Waals surface area contributed by atoms with Crippen molar-refractivity contribution in [3.05, 3.63) is 34.4 Å². The van der Waals surface area contributed by atoms with Crippen molar-refractivity contribution in [3.63, 3.8) is 0 Å². The minimum Gasteiger partial charge on any atom is -0.311 e. The molecule has 1 aromatic carbocycles. The summed E-state index contributed by atoms with van der Waals surface area (Å²) in [7, 11) is 0. The molecule has 0 aliphatic rings. The Morgan fingerprint density at radius 3 is 2.44 bits per heavy atom. The number of aryl methyl sites for hydroxylation is 3. The van der Waals surface area contributed by atoms with Crippen molar-refractivity contribution in [2.75, 3.05) is 6.54 Å². The van der Waals surface area contributed by atoms with E-state index in [1.54, 1.807) is 0 Å². The van der Waals surface area contributed by atoms with Crippen LogP contribution < -0.4 is 5.32 Å². The van der Waals surface area contributed by atoms with E-state index in [0.29, 0.717) is 0 Å². The lowest BCUT2D eigenvalue weighted by Crippen LogP contribution is -2.20. The van der Waals surface area contributed by atoms with Crippen LogP contribution in [0.3, 0.4) is 0 Å². The van der Waals surface area contributed by atoms with Gasteiger partial charge < -0.3 is 5.32 Å². The predicted molar refractivity (Wildman–Crippen MR) is 67.1 cm³/mol. The Hall–Kier alpha value is -1.33. The maximum Gasteiger partial charge on any atom is 0.0666 e. The van der Waals surface area contributed by atoms with E-state index in [-0.39, 0.29) is 5.92 Å². The van der Waals surface area contributed by atoms with Crippen LogP contribution >= 0.6 is 0 Å². The predicted octanol–water partition coefficient (Wildman–Crippen LogP) is 2.86. The van der Waals surface area contributed by atoms with Crippen LogP contribution in [0, 0.1) is 38.0 Å². The van der Waals surface area contributed by atoms with Crippen molar-refractivity contribution in [2.45, 2.75) is 34.2 Å². The molecular formula is C14H20N2. The topological polar surface area (TPSA) is 35.8 Å². The molecule has 0 aliphatic carbocycles. The van der Waals surface area contributed by atoms with Crippen molar-refractivity contribution in [1.82, 2.24) is 5.32 Å². The van der Waals surface area contributed by atoms with E-state index in [1.165, 1.54) is 22.3 Å². The van der Waals surface area contributed by atoms with Crippen molar-refractivity contribution in [2.24, 2.45) is 5.92 Å². The van der Waals surface area contributed by atoms with Gasteiger partial charge in [0.15, 0.2) is 0 Å². The fourth-order valence-corrected chi connectivity index (χ4v) is 1.68. The molecule has 0 aromatic heterocycles. The molecule has 16 heavy (non-hydrogen) atoms. The number of nitrogens with zero attached hydrogens (tertiary/aromatic N) is 1. The van der Waals surface area contributed by atoms with Crippen molar-refractivity contribution >= 4 is 0 Å². The third kappa shape index (κ3) is 3.36. The summed E-state index contributed by atoms with van der Waals surface area (Å²) in [4.78, 5) is 0. The van der Waals surface area contributed by atoms with Crippen LogP contribution in [0.15, 0.2) is 12.1 Å². The van der Waals surface area contributed by atoms with E-state index in [9.17, 15) is 0 Å². The molecule has 2 nitrogen and oxygen atoms in total. The second-order valence-electron chi connectivity index (χ2n) is 4.52. The molecule has 0 amide bonds. The van der Waals surface area contributed by atoms with E-state index < -0.39 is 0 Å². The van der Waals surface area contributed by atoms with Crippen molar-refractivity contribution in [3.8, 4) is 6.07 Å². The number of nitriles is 1. The average Bonchev–Trinajstić information content (AvgIpc) is 2.25. The van der Waals surface area contributed by atoms with Gasteiger partial charge >= 0.3 is 0 Å². The lowest BCUT2D eigenvalue weighted by molar-refractivity contribution is 0.600. The quantitative estimate of drug-likeness (QED) is 0.840. The monoisotopic (exact) mass is 216 g/mol. The molecule has 0 radical (unpaired) electrons. The number of nitrogens with one attached hydrogen (secondary N) is 1. The summed E-state index contributed by atoms with van der Waals surface area (Å²) in [6.07, 6.45) is 0. The number of benzene rings is 1. The first-order valence-corrected chi connectivity index (χ1v) is 5.71. The van der Waals surface area contributed by atoms with Crippen LogP contribution in [0.2, 0.25) is 0 Å². The zero-order valence-corrected chi connectivity index (χ0v) is 10.6. The summed E-state index contributed by atoms with van der Waals surface area (Å²) in [6, 6.07) is 6.68. The summed E-state index contributed by atoms with van der Waals surface area (Å²) in [5.41, 5.74) is 5.32. The van der Waals surface area contributed by atoms with Gasteiger partial charge in [-0.25, -0.2) is 0 Å². The van der Waals surface area contributed by atoms with Gasteiger partial charge in [-0.3, -0.25) is 0 Å². The molecule has 1 aromatic rings. The van der Waals surface area contributed by atoms with E-state index >= 15 is 0 Å². The molecule has 0 spiro atoms. The summed E-state index contributed by atoms with van der Waals surface area (Å²) >= 11 is 0. The van der Waals surface area contributed by atoms with Crippen LogP contribution in [0.4, 0.5) is 0 Å². The second-order valence-corrected chi connectivity index (χ2v) is 4.52. The first-order chi connectivity index (χ1) is 7.54. The van der Waals surface area contributed by atoms with Gasteiger partial charge in [0.2, 0.25) is 0 Å². The minimum atomic E-state index is 0.0758. The van der Waals surface area contributed by atoms with Gasteiger partial charge in [-0.15, -0.1) is 0 Å². The maximum atomic E-state index is 8.68. The Labute approximate surface area is 98.3 Å². The molecule has 2 heteroatoms. The Kier molecular flexibility index (Phi) is 4.52. The van der Waals surface area contributed by atoms with Crippen LogP contribution in [-0.4, -0.2) is 6.54 Å². The van der Waals surface area contributed by atoms with Crippen LogP contribution in [0.25, 0.3) is 0 Å². The lowest BCUT2D eigenvalue weighted by atomic mass is 10.0. The van der Waals surface area contributed by atoms with Gasteiger partial charge in [-0.05, 0) is 49.9 Å². The van der Waals surface area contributed by atoms with Crippen molar-refractivity contribution < 1.29 is 0 Å². The van der Waals surface area contributed by atoms with Gasteiger partial charge in [0.05, 0.1) is 12.0 Å². The Morgan fingerprint density at radius 2 is 1.81 bits per heavy atom. The second kappa shape index (κ2) is 5.67. The smallest absolute Gasteiger partial charge is 0.0666 e. The minimum absolute atomic E-state index is 0.0758. The van der Waals surface area contributed by atoms with E-state index in [1.807, 2.05) is 6.92 Å². The van der Waals surface area contributed by atoms with Crippen LogP contribution in [0.1, 0.15) is 29.2 Å². The number of rotatable bonds is 4. The van der Waals surface area contributed by atoms with E-state index in [4.69, 9.17) is 5.26 Å². The fraction of sp³-hybridized carbons (Fsp3) is 0.500. The van der Waals surface area contributed by atoms with E-state index in [0.717, 1.165) is 13.1 Å². The summed E-state index contributed by atoms with van der Waals surface area (Å²) in [5.74, 6) is 0.0758. The van der Waals surface area contributed by atoms with Gasteiger partial charge in [0, 0.05) is 13.1 Å². The highest BCUT2D eigenvalue weighted by Gasteiger charge is 2.03. The zero-order valence-electron chi connectivity index (χ0n) is 10.6. The third-order valence-corrected chi connectivity index (χ3v) is 2.94. The highest BCUT2D eigenvalue weighted by molar-refractivity contribution is 5.36. The normalized spacial score (nSPS) is 12.2. The molecule has 1 unspecified atom stereocenters. The van der Waals surface area contributed by atoms with Gasteiger partial charge in [0.25, 0.3) is 0 Å². The number of hydrogen-bond donors (Lipinski definition) is 1. The summed E-state index contributed by atoms with van der Waals surface area (Å²) in [5, 5.41) is 12.0. The molecule has 0 heterocycles. The van der Waals surface area contributed by atoms with Gasteiger partial charge in [-0.1, -0.05) is 12.1 Å². The van der Waals surface area contributed by atoms with Crippen LogP contribution in [-0.2, 0) is 6.54 Å². The molecule has 0 aliphatic heterocycles.